The molecule has 0 bridgehead atoms. The van der Waals surface area contributed by atoms with E-state index in [0.717, 1.165) is 0 Å². The number of ether oxygens (including phenoxy) is 1. The first-order chi connectivity index (χ1) is 16.9. The summed E-state index contributed by atoms with van der Waals surface area (Å²) in [5, 5.41) is 15.3. The molecule has 3 N–H and O–H groups in total. The second-order valence-electron chi connectivity index (χ2n) is 8.17. The summed E-state index contributed by atoms with van der Waals surface area (Å²) < 4.78 is 125. The maximum Gasteiger partial charge on any atom is 0.423 e. The van der Waals surface area contributed by atoms with Crippen LogP contribution in [0.25, 0.3) is 0 Å². The first-order valence-electron chi connectivity index (χ1n) is 10.6. The minimum Gasteiger partial charge on any atom is -0.384 e. The van der Waals surface area contributed by atoms with Gasteiger partial charge >= 0.3 is 18.5 Å². The molecule has 0 heterocycles. The van der Waals surface area contributed by atoms with Crippen LogP contribution in [0.2, 0.25) is 0 Å². The number of methoxy groups -OCH3 is 1. The van der Waals surface area contributed by atoms with Gasteiger partial charge in [0.15, 0.2) is 0 Å². The molecular formula is C23H23F9N2O3. The van der Waals surface area contributed by atoms with Gasteiger partial charge in [0.1, 0.15) is 0 Å². The Morgan fingerprint density at radius 3 is 1.89 bits per heavy atom. The molecule has 0 radical (unpaired) electrons. The lowest BCUT2D eigenvalue weighted by Crippen LogP contribution is -2.48. The zero-order chi connectivity index (χ0) is 28.2. The number of hydrogen-bond acceptors (Lipinski definition) is 4. The molecule has 0 saturated carbocycles. The number of halogens is 9. The molecule has 2 aromatic rings. The number of alkyl halides is 9. The fourth-order valence-corrected chi connectivity index (χ4v) is 3.27. The minimum absolute atomic E-state index is 0.00217. The van der Waals surface area contributed by atoms with E-state index < -0.39 is 47.4 Å². The molecule has 37 heavy (non-hydrogen) atoms. The molecule has 0 aliphatic heterocycles. The van der Waals surface area contributed by atoms with Crippen molar-refractivity contribution in [3.05, 3.63) is 64.2 Å². The molecule has 0 spiro atoms. The highest BCUT2D eigenvalue weighted by Crippen LogP contribution is 2.44. The van der Waals surface area contributed by atoms with E-state index in [4.69, 9.17) is 4.74 Å². The van der Waals surface area contributed by atoms with E-state index in [9.17, 15) is 49.4 Å². The largest absolute Gasteiger partial charge is 0.423 e. The summed E-state index contributed by atoms with van der Waals surface area (Å²) in [6.07, 6.45) is -16.3. The lowest BCUT2D eigenvalue weighted by molar-refractivity contribution is -0.261. The van der Waals surface area contributed by atoms with Crippen molar-refractivity contribution in [3.8, 4) is 0 Å². The number of rotatable bonds is 9. The standard InChI is InChI=1S/C23H23F9N2O3/c1-13-7-18(4-3-14(13)11-33-19(35)5-6-37-2)34-12-20(36,23(30,31)32)15-8-16(21(24,25)26)10-17(9-15)22(27,28)29/h3-4,7-10,34,36H,5-6,11-12H2,1-2H3,(H,33,35)/t20-/m0/s1. The van der Waals surface area contributed by atoms with Crippen LogP contribution in [0.1, 0.15) is 34.2 Å². The van der Waals surface area contributed by atoms with Gasteiger partial charge in [-0.1, -0.05) is 6.07 Å². The zero-order valence-corrected chi connectivity index (χ0v) is 19.5. The summed E-state index contributed by atoms with van der Waals surface area (Å²) in [6, 6.07) is 3.43. The van der Waals surface area contributed by atoms with Crippen molar-refractivity contribution in [2.75, 3.05) is 25.6 Å². The van der Waals surface area contributed by atoms with Gasteiger partial charge in [0, 0.05) is 25.8 Å². The highest BCUT2D eigenvalue weighted by Gasteiger charge is 2.56. The lowest BCUT2D eigenvalue weighted by Gasteiger charge is -2.32. The van der Waals surface area contributed by atoms with Gasteiger partial charge in [-0.2, -0.15) is 39.5 Å². The predicted molar refractivity (Wildman–Crippen MR) is 114 cm³/mol. The van der Waals surface area contributed by atoms with Crippen LogP contribution in [0.15, 0.2) is 36.4 Å². The number of aliphatic hydroxyl groups is 1. The first kappa shape index (κ1) is 30.2. The molecule has 2 aromatic carbocycles. The Labute approximate surface area is 205 Å². The predicted octanol–water partition coefficient (Wildman–Crippen LogP) is 5.55. The van der Waals surface area contributed by atoms with Crippen molar-refractivity contribution in [1.29, 1.82) is 0 Å². The number of benzene rings is 2. The number of hydrogen-bond donors (Lipinski definition) is 3. The van der Waals surface area contributed by atoms with Crippen LogP contribution in [-0.2, 0) is 34.0 Å². The van der Waals surface area contributed by atoms with Crippen LogP contribution in [0.5, 0.6) is 0 Å². The van der Waals surface area contributed by atoms with Gasteiger partial charge in [-0.05, 0) is 53.9 Å². The van der Waals surface area contributed by atoms with Gasteiger partial charge < -0.3 is 20.5 Å². The highest BCUT2D eigenvalue weighted by molar-refractivity contribution is 5.76. The fraction of sp³-hybridized carbons (Fsp3) is 0.435. The van der Waals surface area contributed by atoms with Crippen molar-refractivity contribution in [1.82, 2.24) is 5.32 Å². The number of nitrogens with one attached hydrogen (secondary N) is 2. The van der Waals surface area contributed by atoms with E-state index in [1.807, 2.05) is 0 Å². The van der Waals surface area contributed by atoms with E-state index in [1.54, 1.807) is 6.92 Å². The van der Waals surface area contributed by atoms with Crippen LogP contribution in [0.3, 0.4) is 0 Å². The van der Waals surface area contributed by atoms with Gasteiger partial charge in [0.25, 0.3) is 0 Å². The molecule has 0 saturated heterocycles. The van der Waals surface area contributed by atoms with Gasteiger partial charge in [-0.25, -0.2) is 0 Å². The highest BCUT2D eigenvalue weighted by atomic mass is 19.4. The second kappa shape index (κ2) is 11.2. The summed E-state index contributed by atoms with van der Waals surface area (Å²) in [7, 11) is 1.42. The number of aryl methyl sites for hydroxylation is 1. The van der Waals surface area contributed by atoms with E-state index >= 15 is 0 Å². The molecule has 5 nitrogen and oxygen atoms in total. The Balaban J connectivity index is 2.34. The topological polar surface area (TPSA) is 70.6 Å². The Morgan fingerprint density at radius 2 is 1.43 bits per heavy atom. The van der Waals surface area contributed by atoms with Crippen LogP contribution in [-0.4, -0.2) is 37.5 Å². The van der Waals surface area contributed by atoms with E-state index in [2.05, 4.69) is 10.6 Å². The third-order valence-electron chi connectivity index (χ3n) is 5.43. The fourth-order valence-electron chi connectivity index (χ4n) is 3.27. The Bertz CT molecular complexity index is 1070. The van der Waals surface area contributed by atoms with Crippen LogP contribution in [0, 0.1) is 6.92 Å². The third kappa shape index (κ3) is 7.74. The minimum atomic E-state index is -5.64. The maximum absolute atomic E-state index is 13.9. The molecule has 0 aliphatic rings. The molecular weight excluding hydrogens is 523 g/mol. The number of anilines is 1. The van der Waals surface area contributed by atoms with Crippen LogP contribution < -0.4 is 10.6 Å². The van der Waals surface area contributed by atoms with Crippen molar-refractivity contribution < 1.29 is 54.2 Å². The summed E-state index contributed by atoms with van der Waals surface area (Å²) in [6.45, 7) is 0.375. The van der Waals surface area contributed by atoms with Gasteiger partial charge in [-0.15, -0.1) is 0 Å². The van der Waals surface area contributed by atoms with Crippen molar-refractivity contribution in [2.24, 2.45) is 0 Å². The summed E-state index contributed by atoms with van der Waals surface area (Å²) >= 11 is 0. The van der Waals surface area contributed by atoms with Crippen molar-refractivity contribution in [3.63, 3.8) is 0 Å². The molecule has 206 valence electrons. The second-order valence-corrected chi connectivity index (χ2v) is 8.17. The molecule has 0 aromatic heterocycles. The van der Waals surface area contributed by atoms with E-state index in [1.165, 1.54) is 25.3 Å². The van der Waals surface area contributed by atoms with Crippen molar-refractivity contribution >= 4 is 11.6 Å². The quantitative estimate of drug-likeness (QED) is 0.361. The number of carbonyl (C=O) groups is 1. The third-order valence-corrected chi connectivity index (χ3v) is 5.43. The summed E-state index contributed by atoms with van der Waals surface area (Å²) in [4.78, 5) is 11.7. The number of amides is 1. The van der Waals surface area contributed by atoms with Crippen LogP contribution in [0.4, 0.5) is 45.2 Å². The first-order valence-corrected chi connectivity index (χ1v) is 10.6. The average molecular weight is 546 g/mol. The molecule has 14 heteroatoms. The summed E-state index contributed by atoms with van der Waals surface area (Å²) in [5.41, 5.74) is -8.61. The molecule has 0 fully saturated rings. The molecule has 1 atom stereocenters. The number of carbonyl (C=O) groups excluding carboxylic acids is 1. The summed E-state index contributed by atoms with van der Waals surface area (Å²) in [5.74, 6) is -0.307. The zero-order valence-electron chi connectivity index (χ0n) is 19.5. The average Bonchev–Trinajstić information content (AvgIpc) is 2.78. The van der Waals surface area contributed by atoms with Crippen molar-refractivity contribution in [2.45, 2.75) is 44.0 Å². The molecule has 0 unspecified atom stereocenters. The van der Waals surface area contributed by atoms with Crippen LogP contribution >= 0.6 is 0 Å². The van der Waals surface area contributed by atoms with E-state index in [0.29, 0.717) is 11.1 Å². The lowest BCUT2D eigenvalue weighted by atomic mass is 9.89. The van der Waals surface area contributed by atoms with Gasteiger partial charge in [0.2, 0.25) is 11.5 Å². The normalized spacial score (nSPS) is 14.3. The Morgan fingerprint density at radius 1 is 0.892 bits per heavy atom. The molecule has 0 aliphatic carbocycles. The van der Waals surface area contributed by atoms with E-state index in [-0.39, 0.29) is 49.4 Å². The molecule has 1 amide bonds. The van der Waals surface area contributed by atoms with Gasteiger partial charge in [0.05, 0.1) is 24.3 Å². The Kier molecular flexibility index (Phi) is 9.13. The maximum atomic E-state index is 13.9. The Hall–Kier alpha value is -3.00. The monoisotopic (exact) mass is 546 g/mol. The smallest absolute Gasteiger partial charge is 0.384 e. The SMILES string of the molecule is COCCC(=O)NCc1ccc(NC[C@](O)(c2cc(C(F)(F)F)cc(C(F)(F)F)c2)C(F)(F)F)cc1C. The van der Waals surface area contributed by atoms with Gasteiger partial charge in [-0.3, -0.25) is 4.79 Å². The molecule has 2 rings (SSSR count).